The normalized spacial score (nSPS) is 11.8. The predicted octanol–water partition coefficient (Wildman–Crippen LogP) is 6.45. The number of allylic oxidation sites excluding steroid dienone is 5. The molecule has 0 aromatic rings. The van der Waals surface area contributed by atoms with E-state index in [1.807, 2.05) is 0 Å². The first kappa shape index (κ1) is 23.4. The highest BCUT2D eigenvalue weighted by atomic mass is 16.6. The second-order valence-electron chi connectivity index (χ2n) is 6.27. The number of hydrogen-bond acceptors (Lipinski definition) is 3. The molecule has 0 amide bonds. The molecule has 0 N–H and O–H groups in total. The van der Waals surface area contributed by atoms with Gasteiger partial charge in [-0.2, -0.15) is 0 Å². The summed E-state index contributed by atoms with van der Waals surface area (Å²) >= 11 is 0. The minimum absolute atomic E-state index is 0.327. The molecular weight excluding hydrogens is 312 g/mol. The second-order valence-corrected chi connectivity index (χ2v) is 6.27. The minimum Gasteiger partial charge on any atom is -0.390 e. The zero-order valence-electron chi connectivity index (χ0n) is 16.2. The van der Waals surface area contributed by atoms with Gasteiger partial charge in [-0.1, -0.05) is 69.4 Å². The largest absolute Gasteiger partial charge is 0.390 e. The van der Waals surface area contributed by atoms with Crippen LogP contribution in [0.25, 0.3) is 0 Å². The summed E-state index contributed by atoms with van der Waals surface area (Å²) in [5, 5.41) is 0. The number of hydrogen-bond donors (Lipinski definition) is 0. The molecule has 3 nitrogen and oxygen atoms in total. The first-order valence-electron chi connectivity index (χ1n) is 9.88. The number of unbranched alkanes of at least 4 members (excludes halogenated alkanes) is 8. The molecule has 142 valence electrons. The molecule has 0 aromatic carbocycles. The summed E-state index contributed by atoms with van der Waals surface area (Å²) in [5.74, 6) is -0.996. The maximum Gasteiger partial charge on any atom is 0.338 e. The average molecular weight is 349 g/mol. The van der Waals surface area contributed by atoms with Gasteiger partial charge in [0.2, 0.25) is 0 Å². The van der Waals surface area contributed by atoms with E-state index in [1.54, 1.807) is 13.0 Å². The highest BCUT2D eigenvalue weighted by Crippen LogP contribution is 2.08. The van der Waals surface area contributed by atoms with Crippen LogP contribution in [0.3, 0.4) is 0 Å². The molecule has 0 atom stereocenters. The van der Waals surface area contributed by atoms with Crippen molar-refractivity contribution in [2.45, 2.75) is 90.9 Å². The fourth-order valence-electron chi connectivity index (χ4n) is 2.41. The van der Waals surface area contributed by atoms with Crippen LogP contribution in [-0.2, 0) is 14.3 Å². The molecule has 0 rings (SSSR count). The van der Waals surface area contributed by atoms with Crippen molar-refractivity contribution in [2.75, 3.05) is 0 Å². The maximum atomic E-state index is 11.4. The van der Waals surface area contributed by atoms with Crippen LogP contribution in [0.1, 0.15) is 90.9 Å². The predicted molar refractivity (Wildman–Crippen MR) is 105 cm³/mol. The number of esters is 2. The Kier molecular flexibility index (Phi) is 17.5. The lowest BCUT2D eigenvalue weighted by atomic mass is 10.1. The summed E-state index contributed by atoms with van der Waals surface area (Å²) in [6, 6.07) is 0. The molecule has 0 saturated heterocycles. The molecule has 0 spiro atoms. The van der Waals surface area contributed by atoms with Gasteiger partial charge in [0.15, 0.2) is 0 Å². The zero-order chi connectivity index (χ0) is 18.6. The number of carbonyl (C=O) groups excluding carboxylic acids is 2. The molecule has 0 saturated carbocycles. The van der Waals surface area contributed by atoms with Gasteiger partial charge in [-0.15, -0.1) is 0 Å². The van der Waals surface area contributed by atoms with Gasteiger partial charge in [0.05, 0.1) is 0 Å². The Morgan fingerprint density at radius 2 is 1.40 bits per heavy atom. The van der Waals surface area contributed by atoms with Crippen molar-refractivity contribution >= 4 is 11.9 Å². The minimum atomic E-state index is -0.574. The van der Waals surface area contributed by atoms with E-state index in [-0.39, 0.29) is 0 Å². The second kappa shape index (κ2) is 18.7. The highest BCUT2D eigenvalue weighted by Gasteiger charge is 2.06. The molecule has 0 aromatic heterocycles. The Bertz CT molecular complexity index is 419. The molecular formula is C22H36O3. The topological polar surface area (TPSA) is 43.4 Å². The molecule has 25 heavy (non-hydrogen) atoms. The summed E-state index contributed by atoms with van der Waals surface area (Å²) in [5.41, 5.74) is 0. The van der Waals surface area contributed by atoms with Crippen molar-refractivity contribution in [1.82, 2.24) is 0 Å². The summed E-state index contributed by atoms with van der Waals surface area (Å²) in [7, 11) is 0. The van der Waals surface area contributed by atoms with Gasteiger partial charge < -0.3 is 4.74 Å². The Morgan fingerprint density at radius 3 is 2.04 bits per heavy atom. The van der Waals surface area contributed by atoms with Crippen LogP contribution >= 0.6 is 0 Å². The summed E-state index contributed by atoms with van der Waals surface area (Å²) < 4.78 is 4.63. The van der Waals surface area contributed by atoms with Gasteiger partial charge in [-0.3, -0.25) is 4.79 Å². The van der Waals surface area contributed by atoms with Crippen molar-refractivity contribution in [1.29, 1.82) is 0 Å². The van der Waals surface area contributed by atoms with E-state index in [9.17, 15) is 9.59 Å². The van der Waals surface area contributed by atoms with Crippen LogP contribution in [0.4, 0.5) is 0 Å². The van der Waals surface area contributed by atoms with E-state index in [2.05, 4.69) is 36.0 Å². The van der Waals surface area contributed by atoms with Gasteiger partial charge >= 0.3 is 11.9 Å². The molecule has 0 radical (unpaired) electrons. The Morgan fingerprint density at radius 1 is 0.800 bits per heavy atom. The molecule has 0 heterocycles. The lowest BCUT2D eigenvalue weighted by molar-refractivity contribution is -0.156. The first-order chi connectivity index (χ1) is 12.2. The monoisotopic (exact) mass is 348 g/mol. The lowest BCUT2D eigenvalue weighted by Crippen LogP contribution is -2.09. The highest BCUT2D eigenvalue weighted by molar-refractivity contribution is 5.91. The van der Waals surface area contributed by atoms with Crippen molar-refractivity contribution in [3.05, 3.63) is 36.5 Å². The van der Waals surface area contributed by atoms with Gasteiger partial charge in [0, 0.05) is 12.5 Å². The van der Waals surface area contributed by atoms with Crippen LogP contribution in [0.5, 0.6) is 0 Å². The number of ether oxygens (including phenoxy) is 1. The standard InChI is InChI=1S/C22H36O3/c1-3-5-6-7-8-9-10-11-12-13-14-15-16-17-18-20-22(24)25-21(23)19-4-2/h4,8-9,11-12,19H,3,5-7,10,13-18,20H2,1-2H3/b9-8-,12-11-,19-4?. The molecule has 0 fully saturated rings. The smallest absolute Gasteiger partial charge is 0.338 e. The average Bonchev–Trinajstić information content (AvgIpc) is 2.58. The molecule has 0 bridgehead atoms. The Labute approximate surface area is 154 Å². The van der Waals surface area contributed by atoms with Gasteiger partial charge in [0.25, 0.3) is 0 Å². The summed E-state index contributed by atoms with van der Waals surface area (Å²) in [6.45, 7) is 3.95. The van der Waals surface area contributed by atoms with E-state index < -0.39 is 11.9 Å². The Hall–Kier alpha value is -1.64. The third kappa shape index (κ3) is 18.5. The van der Waals surface area contributed by atoms with Crippen LogP contribution in [0.15, 0.2) is 36.5 Å². The summed E-state index contributed by atoms with van der Waals surface area (Å²) in [6.07, 6.45) is 24.8. The molecule has 0 unspecified atom stereocenters. The van der Waals surface area contributed by atoms with Crippen molar-refractivity contribution < 1.29 is 14.3 Å². The number of carbonyl (C=O) groups is 2. The van der Waals surface area contributed by atoms with E-state index in [4.69, 9.17) is 0 Å². The summed E-state index contributed by atoms with van der Waals surface area (Å²) in [4.78, 5) is 22.4. The van der Waals surface area contributed by atoms with E-state index in [0.29, 0.717) is 6.42 Å². The van der Waals surface area contributed by atoms with E-state index in [1.165, 1.54) is 44.6 Å². The molecule has 0 aliphatic heterocycles. The van der Waals surface area contributed by atoms with E-state index in [0.717, 1.165) is 32.1 Å². The fourth-order valence-corrected chi connectivity index (χ4v) is 2.41. The van der Waals surface area contributed by atoms with Crippen LogP contribution < -0.4 is 0 Å². The SMILES string of the molecule is CC=CC(=O)OC(=O)CCCCCCC/C=C\C/C=C\CCCCC. The fraction of sp³-hybridized carbons (Fsp3) is 0.636. The van der Waals surface area contributed by atoms with Crippen molar-refractivity contribution in [3.63, 3.8) is 0 Å². The number of rotatable bonds is 15. The van der Waals surface area contributed by atoms with Crippen molar-refractivity contribution in [3.8, 4) is 0 Å². The zero-order valence-corrected chi connectivity index (χ0v) is 16.2. The first-order valence-corrected chi connectivity index (χ1v) is 9.88. The third-order valence-corrected chi connectivity index (χ3v) is 3.85. The van der Waals surface area contributed by atoms with Crippen LogP contribution in [-0.4, -0.2) is 11.9 Å². The van der Waals surface area contributed by atoms with Gasteiger partial charge in [-0.05, 0) is 45.4 Å². The van der Waals surface area contributed by atoms with Gasteiger partial charge in [-0.25, -0.2) is 4.79 Å². The maximum absolute atomic E-state index is 11.4. The Balaban J connectivity index is 3.37. The van der Waals surface area contributed by atoms with E-state index >= 15 is 0 Å². The lowest BCUT2D eigenvalue weighted by Gasteiger charge is -2.01. The quantitative estimate of drug-likeness (QED) is 0.112. The molecule has 0 aliphatic carbocycles. The molecule has 3 heteroatoms. The van der Waals surface area contributed by atoms with Crippen LogP contribution in [0.2, 0.25) is 0 Å². The van der Waals surface area contributed by atoms with Gasteiger partial charge in [0.1, 0.15) is 0 Å². The third-order valence-electron chi connectivity index (χ3n) is 3.85. The van der Waals surface area contributed by atoms with Crippen molar-refractivity contribution in [2.24, 2.45) is 0 Å². The molecule has 0 aliphatic rings. The van der Waals surface area contributed by atoms with Crippen LogP contribution in [0, 0.1) is 0 Å².